The first kappa shape index (κ1) is 15.2. The molecular formula is C16H17ClN2O2. The van der Waals surface area contributed by atoms with E-state index in [-0.39, 0.29) is 12.5 Å². The summed E-state index contributed by atoms with van der Waals surface area (Å²) in [5, 5.41) is 3.16. The van der Waals surface area contributed by atoms with Gasteiger partial charge in [-0.1, -0.05) is 30.7 Å². The van der Waals surface area contributed by atoms with Crippen molar-refractivity contribution in [1.29, 1.82) is 0 Å². The smallest absolute Gasteiger partial charge is 0.262 e. The zero-order valence-electron chi connectivity index (χ0n) is 11.7. The van der Waals surface area contributed by atoms with Crippen LogP contribution in [-0.2, 0) is 11.2 Å². The second kappa shape index (κ2) is 6.99. The minimum Gasteiger partial charge on any atom is -0.484 e. The summed E-state index contributed by atoms with van der Waals surface area (Å²) in [7, 11) is 0. The van der Waals surface area contributed by atoms with Gasteiger partial charge in [-0.2, -0.15) is 0 Å². The number of hydrogen-bond donors (Lipinski definition) is 2. The molecule has 0 spiro atoms. The van der Waals surface area contributed by atoms with Crippen molar-refractivity contribution in [3.05, 3.63) is 53.1 Å². The number of nitrogens with one attached hydrogen (secondary N) is 1. The van der Waals surface area contributed by atoms with Crippen LogP contribution in [0.15, 0.2) is 42.5 Å². The third-order valence-electron chi connectivity index (χ3n) is 2.98. The summed E-state index contributed by atoms with van der Waals surface area (Å²) in [5.74, 6) is 0.411. The van der Waals surface area contributed by atoms with E-state index in [9.17, 15) is 4.79 Å². The van der Waals surface area contributed by atoms with Crippen LogP contribution in [0.1, 0.15) is 12.5 Å². The maximum absolute atomic E-state index is 11.8. The predicted molar refractivity (Wildman–Crippen MR) is 85.8 cm³/mol. The number of nitrogen functional groups attached to an aromatic ring is 1. The zero-order chi connectivity index (χ0) is 15.2. The second-order valence-electron chi connectivity index (χ2n) is 4.57. The Morgan fingerprint density at radius 1 is 1.24 bits per heavy atom. The standard InChI is InChI=1S/C16H17ClN2O2/c1-2-11-3-6-13(7-4-11)21-10-16(20)19-12-5-8-14(17)15(18)9-12/h3-9H,2,10,18H2,1H3,(H,19,20). The maximum Gasteiger partial charge on any atom is 0.262 e. The summed E-state index contributed by atoms with van der Waals surface area (Å²) in [6, 6.07) is 12.6. The minimum absolute atomic E-state index is 0.0615. The fourth-order valence-corrected chi connectivity index (χ4v) is 1.91. The van der Waals surface area contributed by atoms with E-state index in [1.807, 2.05) is 24.3 Å². The van der Waals surface area contributed by atoms with Crippen molar-refractivity contribution in [2.75, 3.05) is 17.7 Å². The van der Waals surface area contributed by atoms with Gasteiger partial charge in [-0.15, -0.1) is 0 Å². The lowest BCUT2D eigenvalue weighted by Gasteiger charge is -2.09. The summed E-state index contributed by atoms with van der Waals surface area (Å²) < 4.78 is 5.42. The highest BCUT2D eigenvalue weighted by Gasteiger charge is 2.05. The van der Waals surface area contributed by atoms with E-state index in [0.29, 0.717) is 22.1 Å². The first-order valence-electron chi connectivity index (χ1n) is 6.65. The minimum atomic E-state index is -0.253. The normalized spacial score (nSPS) is 10.2. The van der Waals surface area contributed by atoms with Crippen molar-refractivity contribution in [3.8, 4) is 5.75 Å². The Bertz CT molecular complexity index is 627. The van der Waals surface area contributed by atoms with Crippen LogP contribution < -0.4 is 15.8 Å². The molecule has 5 heteroatoms. The first-order valence-corrected chi connectivity index (χ1v) is 7.03. The molecule has 110 valence electrons. The van der Waals surface area contributed by atoms with Crippen LogP contribution in [0.25, 0.3) is 0 Å². The Morgan fingerprint density at radius 2 is 1.95 bits per heavy atom. The SMILES string of the molecule is CCc1ccc(OCC(=O)Nc2ccc(Cl)c(N)c2)cc1. The van der Waals surface area contributed by atoms with Crippen LogP contribution >= 0.6 is 11.6 Å². The lowest BCUT2D eigenvalue weighted by Crippen LogP contribution is -2.20. The molecule has 0 aliphatic rings. The van der Waals surface area contributed by atoms with Gasteiger partial charge >= 0.3 is 0 Å². The largest absolute Gasteiger partial charge is 0.484 e. The summed E-state index contributed by atoms with van der Waals surface area (Å²) in [6.07, 6.45) is 0.971. The molecule has 1 amide bonds. The zero-order valence-corrected chi connectivity index (χ0v) is 12.5. The predicted octanol–water partition coefficient (Wildman–Crippen LogP) is 3.50. The number of halogens is 1. The van der Waals surface area contributed by atoms with Gasteiger partial charge in [0.1, 0.15) is 5.75 Å². The van der Waals surface area contributed by atoms with Crippen LogP contribution in [0.2, 0.25) is 5.02 Å². The molecule has 0 radical (unpaired) electrons. The van der Waals surface area contributed by atoms with Gasteiger partial charge in [-0.05, 0) is 42.3 Å². The van der Waals surface area contributed by atoms with Crippen LogP contribution in [0, 0.1) is 0 Å². The van der Waals surface area contributed by atoms with Gasteiger partial charge in [0.25, 0.3) is 5.91 Å². The average molecular weight is 305 g/mol. The molecule has 21 heavy (non-hydrogen) atoms. The molecule has 2 aromatic carbocycles. The van der Waals surface area contributed by atoms with E-state index >= 15 is 0 Å². The van der Waals surface area contributed by atoms with E-state index in [2.05, 4.69) is 12.2 Å². The van der Waals surface area contributed by atoms with Gasteiger partial charge in [0.05, 0.1) is 10.7 Å². The monoisotopic (exact) mass is 304 g/mol. The van der Waals surface area contributed by atoms with Gasteiger partial charge in [-0.25, -0.2) is 0 Å². The molecule has 0 saturated carbocycles. The number of aryl methyl sites for hydroxylation is 1. The molecule has 3 N–H and O–H groups in total. The quantitative estimate of drug-likeness (QED) is 0.831. The molecule has 0 bridgehead atoms. The number of anilines is 2. The van der Waals surface area contributed by atoms with Crippen LogP contribution in [0.3, 0.4) is 0 Å². The van der Waals surface area contributed by atoms with Gasteiger partial charge < -0.3 is 15.8 Å². The number of nitrogens with two attached hydrogens (primary N) is 1. The van der Waals surface area contributed by atoms with Crippen LogP contribution in [-0.4, -0.2) is 12.5 Å². The number of amides is 1. The molecule has 2 rings (SSSR count). The topological polar surface area (TPSA) is 64.3 Å². The Hall–Kier alpha value is -2.20. The first-order chi connectivity index (χ1) is 10.1. The average Bonchev–Trinajstić information content (AvgIpc) is 2.49. The molecule has 0 unspecified atom stereocenters. The van der Waals surface area contributed by atoms with Crippen LogP contribution in [0.5, 0.6) is 5.75 Å². The number of benzene rings is 2. The Balaban J connectivity index is 1.87. The van der Waals surface area contributed by atoms with Crippen molar-refractivity contribution in [3.63, 3.8) is 0 Å². The molecule has 4 nitrogen and oxygen atoms in total. The molecule has 0 atom stereocenters. The van der Waals surface area contributed by atoms with Gasteiger partial charge in [0.15, 0.2) is 6.61 Å². The lowest BCUT2D eigenvalue weighted by atomic mass is 10.2. The van der Waals surface area contributed by atoms with Gasteiger partial charge in [-0.3, -0.25) is 4.79 Å². The number of ether oxygens (including phenoxy) is 1. The van der Waals surface area contributed by atoms with Crippen molar-refractivity contribution in [1.82, 2.24) is 0 Å². The highest BCUT2D eigenvalue weighted by molar-refractivity contribution is 6.33. The van der Waals surface area contributed by atoms with Crippen molar-refractivity contribution < 1.29 is 9.53 Å². The number of rotatable bonds is 5. The summed E-state index contributed by atoms with van der Waals surface area (Å²) in [6.45, 7) is 2.02. The molecular weight excluding hydrogens is 288 g/mol. The Morgan fingerprint density at radius 3 is 2.57 bits per heavy atom. The van der Waals surface area contributed by atoms with Crippen LogP contribution in [0.4, 0.5) is 11.4 Å². The van der Waals surface area contributed by atoms with E-state index < -0.39 is 0 Å². The lowest BCUT2D eigenvalue weighted by molar-refractivity contribution is -0.118. The molecule has 0 saturated heterocycles. The number of hydrogen-bond acceptors (Lipinski definition) is 3. The molecule has 0 aromatic heterocycles. The summed E-state index contributed by atoms with van der Waals surface area (Å²) in [4.78, 5) is 11.8. The molecule has 0 aliphatic carbocycles. The fraction of sp³-hybridized carbons (Fsp3) is 0.188. The summed E-state index contributed by atoms with van der Waals surface area (Å²) >= 11 is 5.82. The molecule has 2 aromatic rings. The van der Waals surface area contributed by atoms with Crippen molar-refractivity contribution in [2.45, 2.75) is 13.3 Å². The highest BCUT2D eigenvalue weighted by atomic mass is 35.5. The van der Waals surface area contributed by atoms with Gasteiger partial charge in [0.2, 0.25) is 0 Å². The van der Waals surface area contributed by atoms with Crippen molar-refractivity contribution >= 4 is 28.9 Å². The van der Waals surface area contributed by atoms with E-state index in [0.717, 1.165) is 6.42 Å². The van der Waals surface area contributed by atoms with Gasteiger partial charge in [0, 0.05) is 5.69 Å². The molecule has 0 fully saturated rings. The van der Waals surface area contributed by atoms with E-state index in [1.165, 1.54) is 5.56 Å². The number of carbonyl (C=O) groups excluding carboxylic acids is 1. The number of carbonyl (C=O) groups is 1. The maximum atomic E-state index is 11.8. The third-order valence-corrected chi connectivity index (χ3v) is 3.33. The van der Waals surface area contributed by atoms with Crippen molar-refractivity contribution in [2.24, 2.45) is 0 Å². The molecule has 0 aliphatic heterocycles. The third kappa shape index (κ3) is 4.39. The second-order valence-corrected chi connectivity index (χ2v) is 4.98. The summed E-state index contributed by atoms with van der Waals surface area (Å²) in [5.41, 5.74) is 7.91. The highest BCUT2D eigenvalue weighted by Crippen LogP contribution is 2.22. The Kier molecular flexibility index (Phi) is 5.06. The Labute approximate surface area is 128 Å². The molecule has 0 heterocycles. The van der Waals surface area contributed by atoms with E-state index in [1.54, 1.807) is 18.2 Å². The fourth-order valence-electron chi connectivity index (χ4n) is 1.79. The van der Waals surface area contributed by atoms with E-state index in [4.69, 9.17) is 22.1 Å².